The van der Waals surface area contributed by atoms with Crippen LogP contribution in [0.25, 0.3) is 0 Å². The van der Waals surface area contributed by atoms with Gasteiger partial charge in [-0.3, -0.25) is 4.79 Å². The van der Waals surface area contributed by atoms with Crippen molar-refractivity contribution in [2.24, 2.45) is 5.73 Å². The van der Waals surface area contributed by atoms with Crippen LogP contribution in [0, 0.1) is 0 Å². The van der Waals surface area contributed by atoms with Crippen LogP contribution in [0.5, 0.6) is 0 Å². The molecular formula is C14H21ClN2O2. The van der Waals surface area contributed by atoms with Gasteiger partial charge in [-0.15, -0.1) is 12.4 Å². The van der Waals surface area contributed by atoms with E-state index in [0.717, 1.165) is 19.5 Å². The third-order valence-corrected chi connectivity index (χ3v) is 3.54. The summed E-state index contributed by atoms with van der Waals surface area (Å²) in [6, 6.07) is 10.3. The second kappa shape index (κ2) is 7.48. The Hall–Kier alpha value is -1.10. The van der Waals surface area contributed by atoms with E-state index in [4.69, 9.17) is 10.5 Å². The van der Waals surface area contributed by atoms with Crippen molar-refractivity contribution >= 4 is 18.3 Å². The number of nitrogens with zero attached hydrogens (tertiary/aromatic N) is 1. The number of nitrogens with two attached hydrogens (primary N) is 1. The summed E-state index contributed by atoms with van der Waals surface area (Å²) in [5.41, 5.74) is 6.83. The topological polar surface area (TPSA) is 55.6 Å². The maximum Gasteiger partial charge on any atom is 0.253 e. The highest BCUT2D eigenvalue weighted by molar-refractivity contribution is 5.85. The van der Waals surface area contributed by atoms with Gasteiger partial charge in [-0.2, -0.15) is 0 Å². The highest BCUT2D eigenvalue weighted by Crippen LogP contribution is 2.27. The molecule has 2 atom stereocenters. The highest BCUT2D eigenvalue weighted by atomic mass is 35.5. The van der Waals surface area contributed by atoms with Gasteiger partial charge in [0, 0.05) is 32.7 Å². The molecule has 1 heterocycles. The molecule has 4 nitrogen and oxygen atoms in total. The van der Waals surface area contributed by atoms with Crippen LogP contribution in [0.15, 0.2) is 30.3 Å². The Bertz CT molecular complexity index is 396. The summed E-state index contributed by atoms with van der Waals surface area (Å²) in [7, 11) is 1.53. The van der Waals surface area contributed by atoms with Crippen molar-refractivity contribution in [2.75, 3.05) is 26.7 Å². The van der Waals surface area contributed by atoms with Crippen molar-refractivity contribution in [2.45, 2.75) is 18.4 Å². The van der Waals surface area contributed by atoms with Gasteiger partial charge in [-0.25, -0.2) is 0 Å². The van der Waals surface area contributed by atoms with Crippen molar-refractivity contribution in [1.29, 1.82) is 0 Å². The lowest BCUT2D eigenvalue weighted by Gasteiger charge is -2.21. The van der Waals surface area contributed by atoms with Gasteiger partial charge in [0.2, 0.25) is 0 Å². The van der Waals surface area contributed by atoms with Crippen molar-refractivity contribution < 1.29 is 9.53 Å². The average molecular weight is 285 g/mol. The van der Waals surface area contributed by atoms with Gasteiger partial charge < -0.3 is 15.4 Å². The molecule has 1 aliphatic heterocycles. The van der Waals surface area contributed by atoms with Gasteiger partial charge in [0.25, 0.3) is 5.91 Å². The molecule has 0 bridgehead atoms. The number of carbonyl (C=O) groups is 1. The third-order valence-electron chi connectivity index (χ3n) is 3.54. The van der Waals surface area contributed by atoms with Crippen molar-refractivity contribution in [1.82, 2.24) is 4.90 Å². The molecule has 106 valence electrons. The van der Waals surface area contributed by atoms with Crippen LogP contribution in [-0.4, -0.2) is 43.7 Å². The van der Waals surface area contributed by atoms with Crippen molar-refractivity contribution in [3.8, 4) is 0 Å². The predicted octanol–water partition coefficient (Wildman–Crippen LogP) is 1.40. The van der Waals surface area contributed by atoms with E-state index in [2.05, 4.69) is 12.1 Å². The Balaban J connectivity index is 0.00000180. The number of amides is 1. The minimum absolute atomic E-state index is 0. The molecule has 1 amide bonds. The van der Waals surface area contributed by atoms with Crippen LogP contribution in [0.1, 0.15) is 17.9 Å². The summed E-state index contributed by atoms with van der Waals surface area (Å²) in [6.45, 7) is 1.79. The first-order chi connectivity index (χ1) is 8.76. The molecule has 0 spiro atoms. The average Bonchev–Trinajstić information content (AvgIpc) is 2.90. The Morgan fingerprint density at radius 1 is 1.47 bits per heavy atom. The largest absolute Gasteiger partial charge is 0.370 e. The fourth-order valence-corrected chi connectivity index (χ4v) is 2.46. The minimum atomic E-state index is -0.500. The maximum atomic E-state index is 12.1. The number of halogens is 1. The summed E-state index contributed by atoms with van der Waals surface area (Å²) < 4.78 is 5.10. The first-order valence-corrected chi connectivity index (χ1v) is 6.33. The van der Waals surface area contributed by atoms with Gasteiger partial charge in [0.15, 0.2) is 0 Å². The zero-order valence-corrected chi connectivity index (χ0v) is 11.9. The molecule has 1 fully saturated rings. The molecule has 0 aliphatic carbocycles. The number of carbonyl (C=O) groups excluding carboxylic acids is 1. The molecule has 2 unspecified atom stereocenters. The SMILES string of the molecule is COC(CN)C(=O)N1CCC(c2ccccc2)C1.Cl. The van der Waals surface area contributed by atoms with Crippen LogP contribution >= 0.6 is 12.4 Å². The molecule has 1 aliphatic rings. The monoisotopic (exact) mass is 284 g/mol. The molecule has 1 aromatic carbocycles. The molecular weight excluding hydrogens is 264 g/mol. The van der Waals surface area contributed by atoms with E-state index >= 15 is 0 Å². The lowest BCUT2D eigenvalue weighted by Crippen LogP contribution is -2.42. The number of rotatable bonds is 4. The Labute approximate surface area is 120 Å². The zero-order chi connectivity index (χ0) is 13.0. The fourth-order valence-electron chi connectivity index (χ4n) is 2.46. The van der Waals surface area contributed by atoms with Gasteiger partial charge in [0.05, 0.1) is 0 Å². The Morgan fingerprint density at radius 3 is 2.74 bits per heavy atom. The van der Waals surface area contributed by atoms with E-state index in [1.54, 1.807) is 0 Å². The molecule has 0 saturated carbocycles. The first kappa shape index (κ1) is 16.0. The van der Waals surface area contributed by atoms with Gasteiger partial charge in [0.1, 0.15) is 6.10 Å². The van der Waals surface area contributed by atoms with Crippen LogP contribution < -0.4 is 5.73 Å². The molecule has 2 rings (SSSR count). The zero-order valence-electron chi connectivity index (χ0n) is 11.1. The van der Waals surface area contributed by atoms with E-state index in [9.17, 15) is 4.79 Å². The number of likely N-dealkylation sites (tertiary alicyclic amines) is 1. The number of ether oxygens (including phenoxy) is 1. The van der Waals surface area contributed by atoms with E-state index in [-0.39, 0.29) is 24.9 Å². The molecule has 0 aromatic heterocycles. The van der Waals surface area contributed by atoms with Gasteiger partial charge in [-0.1, -0.05) is 30.3 Å². The molecule has 19 heavy (non-hydrogen) atoms. The summed E-state index contributed by atoms with van der Waals surface area (Å²) in [4.78, 5) is 14.0. The number of benzene rings is 1. The molecule has 1 aromatic rings. The Morgan fingerprint density at radius 2 is 2.16 bits per heavy atom. The molecule has 1 saturated heterocycles. The molecule has 2 N–H and O–H groups in total. The third kappa shape index (κ3) is 3.69. The van der Waals surface area contributed by atoms with Crippen LogP contribution in [-0.2, 0) is 9.53 Å². The van der Waals surface area contributed by atoms with Crippen molar-refractivity contribution in [3.05, 3.63) is 35.9 Å². The van der Waals surface area contributed by atoms with Crippen molar-refractivity contribution in [3.63, 3.8) is 0 Å². The number of hydrogen-bond acceptors (Lipinski definition) is 3. The maximum absolute atomic E-state index is 12.1. The first-order valence-electron chi connectivity index (χ1n) is 6.33. The quantitative estimate of drug-likeness (QED) is 0.909. The summed E-state index contributed by atoms with van der Waals surface area (Å²) in [5, 5.41) is 0. The predicted molar refractivity (Wildman–Crippen MR) is 77.5 cm³/mol. The second-order valence-corrected chi connectivity index (χ2v) is 4.64. The van der Waals surface area contributed by atoms with E-state index < -0.39 is 6.10 Å². The fraction of sp³-hybridized carbons (Fsp3) is 0.500. The lowest BCUT2D eigenvalue weighted by molar-refractivity contribution is -0.140. The minimum Gasteiger partial charge on any atom is -0.370 e. The van der Waals surface area contributed by atoms with Gasteiger partial charge in [-0.05, 0) is 12.0 Å². The molecule has 5 heteroatoms. The van der Waals surface area contributed by atoms with Gasteiger partial charge >= 0.3 is 0 Å². The van der Waals surface area contributed by atoms with Crippen LogP contribution in [0.4, 0.5) is 0 Å². The molecule has 0 radical (unpaired) electrons. The lowest BCUT2D eigenvalue weighted by atomic mass is 9.99. The van der Waals surface area contributed by atoms with Crippen LogP contribution in [0.3, 0.4) is 0 Å². The normalized spacial score (nSPS) is 19.9. The summed E-state index contributed by atoms with van der Waals surface area (Å²) >= 11 is 0. The van der Waals surface area contributed by atoms with Crippen LogP contribution in [0.2, 0.25) is 0 Å². The summed E-state index contributed by atoms with van der Waals surface area (Å²) in [5.74, 6) is 0.448. The standard InChI is InChI=1S/C14H20N2O2.ClH/c1-18-13(9-15)14(17)16-8-7-12(10-16)11-5-3-2-4-6-11;/h2-6,12-13H,7-10,15H2,1H3;1H. The number of methoxy groups -OCH3 is 1. The second-order valence-electron chi connectivity index (χ2n) is 4.64. The summed E-state index contributed by atoms with van der Waals surface area (Å²) in [6.07, 6.45) is 0.510. The smallest absolute Gasteiger partial charge is 0.253 e. The highest BCUT2D eigenvalue weighted by Gasteiger charge is 2.30. The Kier molecular flexibility index (Phi) is 6.28. The number of hydrogen-bond donors (Lipinski definition) is 1. The van der Waals surface area contributed by atoms with E-state index in [1.807, 2.05) is 23.1 Å². The van der Waals surface area contributed by atoms with E-state index in [0.29, 0.717) is 5.92 Å². The van der Waals surface area contributed by atoms with E-state index in [1.165, 1.54) is 12.7 Å².